The zero-order valence-electron chi connectivity index (χ0n) is 10.4. The van der Waals surface area contributed by atoms with E-state index in [0.717, 1.165) is 6.54 Å². The molecule has 1 heterocycles. The van der Waals surface area contributed by atoms with Crippen LogP contribution in [0.3, 0.4) is 0 Å². The Labute approximate surface area is 102 Å². The maximum Gasteiger partial charge on any atom is 0.189 e. The summed E-state index contributed by atoms with van der Waals surface area (Å²) >= 11 is 1.72. The molecule has 1 aromatic heterocycles. The average molecular weight is 239 g/mol. The third-order valence-electron chi connectivity index (χ3n) is 2.15. The van der Waals surface area contributed by atoms with Crippen molar-refractivity contribution in [3.8, 4) is 0 Å². The third-order valence-corrected chi connectivity index (χ3v) is 2.85. The van der Waals surface area contributed by atoms with E-state index < -0.39 is 0 Å². The fourth-order valence-corrected chi connectivity index (χ4v) is 2.10. The molecule has 1 aromatic rings. The number of thiophene rings is 1. The second-order valence-electron chi connectivity index (χ2n) is 5.06. The first-order chi connectivity index (χ1) is 7.38. The maximum atomic E-state index is 5.80. The molecule has 90 valence electrons. The summed E-state index contributed by atoms with van der Waals surface area (Å²) in [5.41, 5.74) is 7.11. The van der Waals surface area contributed by atoms with Gasteiger partial charge in [-0.25, -0.2) is 0 Å². The van der Waals surface area contributed by atoms with Gasteiger partial charge in [0.2, 0.25) is 0 Å². The summed E-state index contributed by atoms with van der Waals surface area (Å²) in [5.74, 6) is 0.946. The van der Waals surface area contributed by atoms with Gasteiger partial charge in [-0.05, 0) is 43.2 Å². The zero-order chi connectivity index (χ0) is 12.2. The first-order valence-corrected chi connectivity index (χ1v) is 6.43. The van der Waals surface area contributed by atoms with Gasteiger partial charge < -0.3 is 11.1 Å². The van der Waals surface area contributed by atoms with Crippen molar-refractivity contribution in [1.29, 1.82) is 0 Å². The topological polar surface area (TPSA) is 50.4 Å². The molecule has 0 aromatic carbocycles. The van der Waals surface area contributed by atoms with E-state index in [2.05, 4.69) is 54.8 Å². The van der Waals surface area contributed by atoms with E-state index in [0.29, 0.717) is 11.9 Å². The van der Waals surface area contributed by atoms with Crippen LogP contribution in [0.4, 0.5) is 0 Å². The minimum Gasteiger partial charge on any atom is -0.370 e. The van der Waals surface area contributed by atoms with Crippen LogP contribution in [0.25, 0.3) is 0 Å². The average Bonchev–Trinajstić information content (AvgIpc) is 2.64. The highest BCUT2D eigenvalue weighted by Crippen LogP contribution is 2.18. The summed E-state index contributed by atoms with van der Waals surface area (Å²) in [6.07, 6.45) is 0. The van der Waals surface area contributed by atoms with Gasteiger partial charge >= 0.3 is 0 Å². The van der Waals surface area contributed by atoms with Crippen LogP contribution < -0.4 is 11.1 Å². The van der Waals surface area contributed by atoms with Crippen LogP contribution in [0.15, 0.2) is 21.8 Å². The van der Waals surface area contributed by atoms with Crippen molar-refractivity contribution in [1.82, 2.24) is 5.32 Å². The third kappa shape index (κ3) is 4.66. The SMILES string of the molecule is CC(CN=C(N)NC(C)(C)C)c1ccsc1. The van der Waals surface area contributed by atoms with Crippen LogP contribution in [0.5, 0.6) is 0 Å². The summed E-state index contributed by atoms with van der Waals surface area (Å²) in [5, 5.41) is 7.40. The minimum absolute atomic E-state index is 0.0286. The van der Waals surface area contributed by atoms with Crippen molar-refractivity contribution < 1.29 is 0 Å². The maximum absolute atomic E-state index is 5.80. The van der Waals surface area contributed by atoms with Crippen LogP contribution in [0.2, 0.25) is 0 Å². The smallest absolute Gasteiger partial charge is 0.189 e. The van der Waals surface area contributed by atoms with Gasteiger partial charge in [0.05, 0.1) is 0 Å². The molecule has 0 radical (unpaired) electrons. The molecule has 0 saturated heterocycles. The highest BCUT2D eigenvalue weighted by molar-refractivity contribution is 7.07. The molecule has 0 bridgehead atoms. The number of nitrogens with two attached hydrogens (primary N) is 1. The Morgan fingerprint density at radius 3 is 2.75 bits per heavy atom. The molecule has 0 saturated carbocycles. The Kier molecular flexibility index (Phi) is 4.35. The van der Waals surface area contributed by atoms with Crippen molar-refractivity contribution in [2.75, 3.05) is 6.54 Å². The van der Waals surface area contributed by atoms with Gasteiger partial charge in [0, 0.05) is 18.0 Å². The van der Waals surface area contributed by atoms with Crippen molar-refractivity contribution in [2.45, 2.75) is 39.2 Å². The molecule has 0 fully saturated rings. The largest absolute Gasteiger partial charge is 0.370 e. The fraction of sp³-hybridized carbons (Fsp3) is 0.583. The molecule has 0 aliphatic rings. The monoisotopic (exact) mass is 239 g/mol. The Hall–Kier alpha value is -1.03. The van der Waals surface area contributed by atoms with E-state index in [9.17, 15) is 0 Å². The highest BCUT2D eigenvalue weighted by Gasteiger charge is 2.10. The summed E-state index contributed by atoms with van der Waals surface area (Å²) in [6.45, 7) is 9.09. The van der Waals surface area contributed by atoms with Crippen molar-refractivity contribution in [2.24, 2.45) is 10.7 Å². The predicted octanol–water partition coefficient (Wildman–Crippen LogP) is 2.55. The van der Waals surface area contributed by atoms with Crippen molar-refractivity contribution >= 4 is 17.3 Å². The molecule has 0 aliphatic heterocycles. The number of rotatable bonds is 3. The first kappa shape index (κ1) is 13.0. The Morgan fingerprint density at radius 1 is 1.56 bits per heavy atom. The lowest BCUT2D eigenvalue weighted by atomic mass is 10.1. The van der Waals surface area contributed by atoms with Crippen molar-refractivity contribution in [3.63, 3.8) is 0 Å². The highest BCUT2D eigenvalue weighted by atomic mass is 32.1. The lowest BCUT2D eigenvalue weighted by Gasteiger charge is -2.21. The normalized spacial score (nSPS) is 14.9. The van der Waals surface area contributed by atoms with E-state index in [1.807, 2.05) is 0 Å². The van der Waals surface area contributed by atoms with E-state index in [1.165, 1.54) is 5.56 Å². The Bertz CT molecular complexity index is 336. The standard InChI is InChI=1S/C12H21N3S/c1-9(10-5-6-16-8-10)7-14-11(13)15-12(2,3)4/h5-6,8-9H,7H2,1-4H3,(H3,13,14,15). The molecule has 16 heavy (non-hydrogen) atoms. The van der Waals surface area contributed by atoms with Gasteiger partial charge in [-0.1, -0.05) is 6.92 Å². The van der Waals surface area contributed by atoms with E-state index in [4.69, 9.17) is 5.73 Å². The number of aliphatic imine (C=N–C) groups is 1. The number of hydrogen-bond donors (Lipinski definition) is 2. The summed E-state index contributed by atoms with van der Waals surface area (Å²) in [4.78, 5) is 4.35. The predicted molar refractivity (Wildman–Crippen MR) is 72.1 cm³/mol. The quantitative estimate of drug-likeness (QED) is 0.629. The Morgan fingerprint density at radius 2 is 2.25 bits per heavy atom. The molecule has 1 atom stereocenters. The van der Waals surface area contributed by atoms with Gasteiger partial charge in [0.15, 0.2) is 5.96 Å². The second kappa shape index (κ2) is 5.34. The van der Waals surface area contributed by atoms with Crippen LogP contribution in [-0.2, 0) is 0 Å². The summed E-state index contributed by atoms with van der Waals surface area (Å²) in [6, 6.07) is 2.14. The minimum atomic E-state index is -0.0286. The zero-order valence-corrected chi connectivity index (χ0v) is 11.3. The number of guanidine groups is 1. The molecular formula is C12H21N3S. The molecule has 1 rings (SSSR count). The van der Waals surface area contributed by atoms with Crippen LogP contribution in [-0.4, -0.2) is 18.0 Å². The van der Waals surface area contributed by atoms with Crippen LogP contribution >= 0.6 is 11.3 Å². The van der Waals surface area contributed by atoms with Gasteiger partial charge in [-0.15, -0.1) is 0 Å². The van der Waals surface area contributed by atoms with Crippen molar-refractivity contribution in [3.05, 3.63) is 22.4 Å². The molecule has 3 nitrogen and oxygen atoms in total. The molecular weight excluding hydrogens is 218 g/mol. The van der Waals surface area contributed by atoms with Gasteiger partial charge in [-0.2, -0.15) is 11.3 Å². The van der Waals surface area contributed by atoms with Gasteiger partial charge in [-0.3, -0.25) is 4.99 Å². The second-order valence-corrected chi connectivity index (χ2v) is 5.84. The van der Waals surface area contributed by atoms with Gasteiger partial charge in [0.25, 0.3) is 0 Å². The molecule has 0 amide bonds. The molecule has 0 spiro atoms. The fourth-order valence-electron chi connectivity index (χ4n) is 1.32. The first-order valence-electron chi connectivity index (χ1n) is 5.48. The van der Waals surface area contributed by atoms with Crippen LogP contribution in [0.1, 0.15) is 39.2 Å². The summed E-state index contributed by atoms with van der Waals surface area (Å²) in [7, 11) is 0. The Balaban J connectivity index is 2.47. The molecule has 4 heteroatoms. The number of nitrogens with one attached hydrogen (secondary N) is 1. The molecule has 1 unspecified atom stereocenters. The number of hydrogen-bond acceptors (Lipinski definition) is 2. The number of nitrogens with zero attached hydrogens (tertiary/aromatic N) is 1. The molecule has 0 aliphatic carbocycles. The van der Waals surface area contributed by atoms with Crippen LogP contribution in [0, 0.1) is 0 Å². The lowest BCUT2D eigenvalue weighted by Crippen LogP contribution is -2.45. The van der Waals surface area contributed by atoms with Gasteiger partial charge in [0.1, 0.15) is 0 Å². The van der Waals surface area contributed by atoms with E-state index in [1.54, 1.807) is 11.3 Å². The van der Waals surface area contributed by atoms with E-state index >= 15 is 0 Å². The summed E-state index contributed by atoms with van der Waals surface area (Å²) < 4.78 is 0. The van der Waals surface area contributed by atoms with E-state index in [-0.39, 0.29) is 5.54 Å². The molecule has 3 N–H and O–H groups in total. The lowest BCUT2D eigenvalue weighted by molar-refractivity contribution is 0.507.